The summed E-state index contributed by atoms with van der Waals surface area (Å²) < 4.78 is 36.9. The molecule has 0 atom stereocenters. The van der Waals surface area contributed by atoms with E-state index in [1.54, 1.807) is 20.8 Å². The number of benzene rings is 1. The van der Waals surface area contributed by atoms with Crippen molar-refractivity contribution in [3.8, 4) is 6.07 Å². The second-order valence-corrected chi connectivity index (χ2v) is 6.59. The van der Waals surface area contributed by atoms with Crippen LogP contribution in [-0.2, 0) is 17.2 Å². The molecule has 1 N–H and O–H groups in total. The first-order valence-corrected chi connectivity index (χ1v) is 8.40. The molecule has 0 aliphatic carbocycles. The van der Waals surface area contributed by atoms with E-state index < -0.39 is 34.3 Å². The van der Waals surface area contributed by atoms with E-state index in [-0.39, 0.29) is 24.3 Å². The number of nitriles is 1. The largest absolute Gasteiger partial charge is 0.383 e. The van der Waals surface area contributed by atoms with Gasteiger partial charge in [0, 0.05) is 18.2 Å². The van der Waals surface area contributed by atoms with E-state index in [1.165, 1.54) is 19.2 Å². The highest BCUT2D eigenvalue weighted by Gasteiger charge is 2.41. The molecule has 0 bridgehead atoms. The van der Waals surface area contributed by atoms with Crippen LogP contribution >= 0.6 is 0 Å². The second-order valence-electron chi connectivity index (χ2n) is 6.59. The van der Waals surface area contributed by atoms with Crippen LogP contribution in [0.4, 0.5) is 8.78 Å². The molecular formula is C19H21F2N3O3. The second kappa shape index (κ2) is 7.84. The Morgan fingerprint density at radius 1 is 1.30 bits per heavy atom. The molecule has 0 aliphatic rings. The third-order valence-electron chi connectivity index (χ3n) is 4.20. The number of hydrogen-bond acceptors (Lipinski definition) is 4. The molecule has 0 spiro atoms. The zero-order chi connectivity index (χ0) is 20.4. The molecule has 1 aromatic carbocycles. The Bertz CT molecular complexity index is 1000. The lowest BCUT2D eigenvalue weighted by Gasteiger charge is -2.25. The molecule has 0 fully saturated rings. The van der Waals surface area contributed by atoms with Gasteiger partial charge < -0.3 is 4.74 Å². The fraction of sp³-hybridized carbons (Fsp3) is 0.421. The van der Waals surface area contributed by atoms with Crippen LogP contribution in [0.15, 0.2) is 27.8 Å². The SMILES string of the molecule is COCCn1c(C(F)(F)c2cc(C)cc(C#N)c2)c(C(C)C)c(=O)[nH]c1=O. The van der Waals surface area contributed by atoms with Crippen LogP contribution in [0.2, 0.25) is 0 Å². The molecule has 6 nitrogen and oxygen atoms in total. The maximum Gasteiger partial charge on any atom is 0.328 e. The third kappa shape index (κ3) is 3.98. The lowest BCUT2D eigenvalue weighted by atomic mass is 9.93. The maximum atomic E-state index is 15.6. The molecular weight excluding hydrogens is 356 g/mol. The monoisotopic (exact) mass is 377 g/mol. The molecule has 0 radical (unpaired) electrons. The average molecular weight is 377 g/mol. The highest BCUT2D eigenvalue weighted by molar-refractivity contribution is 5.43. The zero-order valence-corrected chi connectivity index (χ0v) is 15.6. The number of H-pyrrole nitrogens is 1. The van der Waals surface area contributed by atoms with Gasteiger partial charge in [0.25, 0.3) is 5.56 Å². The summed E-state index contributed by atoms with van der Waals surface area (Å²) in [4.78, 5) is 26.7. The molecule has 2 aromatic rings. The van der Waals surface area contributed by atoms with Gasteiger partial charge in [-0.2, -0.15) is 14.0 Å². The van der Waals surface area contributed by atoms with Crippen molar-refractivity contribution in [3.05, 3.63) is 67.0 Å². The van der Waals surface area contributed by atoms with Crippen LogP contribution in [0.5, 0.6) is 0 Å². The Kier molecular flexibility index (Phi) is 5.96. The van der Waals surface area contributed by atoms with Gasteiger partial charge >= 0.3 is 11.6 Å². The van der Waals surface area contributed by atoms with Gasteiger partial charge in [0.2, 0.25) is 0 Å². The van der Waals surface area contributed by atoms with Crippen LogP contribution in [0.25, 0.3) is 0 Å². The summed E-state index contributed by atoms with van der Waals surface area (Å²) in [5, 5.41) is 9.10. The van der Waals surface area contributed by atoms with Gasteiger partial charge in [-0.1, -0.05) is 13.8 Å². The van der Waals surface area contributed by atoms with Crippen molar-refractivity contribution in [3.63, 3.8) is 0 Å². The predicted octanol–water partition coefficient (Wildman–Crippen LogP) is 2.63. The molecule has 1 aromatic heterocycles. The van der Waals surface area contributed by atoms with Crippen molar-refractivity contribution in [1.82, 2.24) is 9.55 Å². The first-order chi connectivity index (χ1) is 12.6. The van der Waals surface area contributed by atoms with Crippen molar-refractivity contribution < 1.29 is 13.5 Å². The molecule has 0 saturated heterocycles. The lowest BCUT2D eigenvalue weighted by molar-refractivity contribution is 0.0292. The van der Waals surface area contributed by atoms with E-state index >= 15 is 8.78 Å². The fourth-order valence-corrected chi connectivity index (χ4v) is 3.02. The molecule has 2 rings (SSSR count). The number of alkyl halides is 2. The minimum atomic E-state index is -3.65. The van der Waals surface area contributed by atoms with E-state index in [9.17, 15) is 9.59 Å². The summed E-state index contributed by atoms with van der Waals surface area (Å²) in [7, 11) is 1.39. The Morgan fingerprint density at radius 2 is 1.96 bits per heavy atom. The minimum absolute atomic E-state index is 0.0177. The number of aromatic nitrogens is 2. The number of aromatic amines is 1. The number of rotatable bonds is 6. The third-order valence-corrected chi connectivity index (χ3v) is 4.20. The van der Waals surface area contributed by atoms with Gasteiger partial charge in [0.1, 0.15) is 5.69 Å². The number of halogens is 2. The van der Waals surface area contributed by atoms with Crippen LogP contribution in [0.3, 0.4) is 0 Å². The lowest BCUT2D eigenvalue weighted by Crippen LogP contribution is -2.41. The minimum Gasteiger partial charge on any atom is -0.383 e. The van der Waals surface area contributed by atoms with Gasteiger partial charge in [-0.05, 0) is 36.6 Å². The molecule has 0 amide bonds. The molecule has 8 heteroatoms. The fourth-order valence-electron chi connectivity index (χ4n) is 3.02. The van der Waals surface area contributed by atoms with Gasteiger partial charge in [-0.15, -0.1) is 0 Å². The number of nitrogens with one attached hydrogen (secondary N) is 1. The Morgan fingerprint density at radius 3 is 2.52 bits per heavy atom. The van der Waals surface area contributed by atoms with E-state index in [0.717, 1.165) is 10.6 Å². The highest BCUT2D eigenvalue weighted by atomic mass is 19.3. The van der Waals surface area contributed by atoms with Crippen molar-refractivity contribution in [2.24, 2.45) is 0 Å². The smallest absolute Gasteiger partial charge is 0.328 e. The van der Waals surface area contributed by atoms with Crippen molar-refractivity contribution in [2.45, 2.75) is 39.2 Å². The van der Waals surface area contributed by atoms with Crippen molar-refractivity contribution >= 4 is 0 Å². The van der Waals surface area contributed by atoms with Crippen LogP contribution in [0, 0.1) is 18.3 Å². The Labute approximate surface area is 155 Å². The topological polar surface area (TPSA) is 87.9 Å². The highest BCUT2D eigenvalue weighted by Crippen LogP contribution is 2.38. The summed E-state index contributed by atoms with van der Waals surface area (Å²) >= 11 is 0. The van der Waals surface area contributed by atoms with Gasteiger partial charge in [0.05, 0.1) is 24.8 Å². The number of hydrogen-bond donors (Lipinski definition) is 1. The number of nitrogens with zero attached hydrogens (tertiary/aromatic N) is 2. The molecule has 0 aliphatic heterocycles. The first-order valence-electron chi connectivity index (χ1n) is 8.40. The zero-order valence-electron chi connectivity index (χ0n) is 15.6. The van der Waals surface area contributed by atoms with E-state index in [0.29, 0.717) is 5.56 Å². The standard InChI is InChI=1S/C19H21F2N3O3/c1-11(2)15-16(24(5-6-27-4)18(26)23-17(15)25)19(20,21)14-8-12(3)7-13(9-14)10-22/h7-9,11H,5-6H2,1-4H3,(H,23,25,26). The molecule has 0 unspecified atom stereocenters. The average Bonchev–Trinajstić information content (AvgIpc) is 2.59. The summed E-state index contributed by atoms with van der Waals surface area (Å²) in [6.45, 7) is 4.68. The Balaban J connectivity index is 2.89. The molecule has 144 valence electrons. The van der Waals surface area contributed by atoms with Crippen molar-refractivity contribution in [2.75, 3.05) is 13.7 Å². The predicted molar refractivity (Wildman–Crippen MR) is 96.2 cm³/mol. The molecule has 1 heterocycles. The summed E-state index contributed by atoms with van der Waals surface area (Å²) in [5.74, 6) is -4.21. The number of ether oxygens (including phenoxy) is 1. The van der Waals surface area contributed by atoms with Gasteiger partial charge in [0.15, 0.2) is 0 Å². The quantitative estimate of drug-likeness (QED) is 0.838. The van der Waals surface area contributed by atoms with E-state index in [2.05, 4.69) is 4.98 Å². The van der Waals surface area contributed by atoms with Crippen molar-refractivity contribution in [1.29, 1.82) is 5.26 Å². The van der Waals surface area contributed by atoms with Crippen LogP contribution in [-0.4, -0.2) is 23.3 Å². The van der Waals surface area contributed by atoms with E-state index in [1.807, 2.05) is 6.07 Å². The van der Waals surface area contributed by atoms with Crippen LogP contribution in [0.1, 0.15) is 47.7 Å². The molecule has 27 heavy (non-hydrogen) atoms. The van der Waals surface area contributed by atoms with Gasteiger partial charge in [-0.25, -0.2) is 4.79 Å². The number of methoxy groups -OCH3 is 1. The van der Waals surface area contributed by atoms with E-state index in [4.69, 9.17) is 10.00 Å². The first kappa shape index (κ1) is 20.5. The summed E-state index contributed by atoms with van der Waals surface area (Å²) in [6.07, 6.45) is 0. The summed E-state index contributed by atoms with van der Waals surface area (Å²) in [6, 6.07) is 5.66. The maximum absolute atomic E-state index is 15.6. The van der Waals surface area contributed by atoms with Crippen LogP contribution < -0.4 is 11.2 Å². The normalized spacial score (nSPS) is 11.6. The number of aryl methyl sites for hydroxylation is 1. The Hall–Kier alpha value is -2.79. The molecule has 0 saturated carbocycles. The summed E-state index contributed by atoms with van der Waals surface area (Å²) in [5.41, 5.74) is -2.50. The van der Waals surface area contributed by atoms with Gasteiger partial charge in [-0.3, -0.25) is 14.3 Å².